The highest BCUT2D eigenvalue weighted by Crippen LogP contribution is 2.29. The monoisotopic (exact) mass is 229 g/mol. The van der Waals surface area contributed by atoms with Gasteiger partial charge in [0.2, 0.25) is 0 Å². The molecule has 14 heavy (non-hydrogen) atoms. The first kappa shape index (κ1) is 10.5. The minimum absolute atomic E-state index is 0.0581. The molecule has 4 heteroatoms. The van der Waals surface area contributed by atoms with E-state index in [0.717, 1.165) is 18.1 Å². The van der Waals surface area contributed by atoms with E-state index in [-0.39, 0.29) is 12.1 Å². The van der Waals surface area contributed by atoms with E-state index < -0.39 is 0 Å². The summed E-state index contributed by atoms with van der Waals surface area (Å²) >= 11 is 3.67. The van der Waals surface area contributed by atoms with Gasteiger partial charge in [-0.1, -0.05) is 0 Å². The fourth-order valence-corrected chi connectivity index (χ4v) is 3.51. The summed E-state index contributed by atoms with van der Waals surface area (Å²) in [5.41, 5.74) is 7.48. The summed E-state index contributed by atoms with van der Waals surface area (Å²) in [6.45, 7) is 2.95. The Morgan fingerprint density at radius 2 is 2.50 bits per heavy atom. The summed E-state index contributed by atoms with van der Waals surface area (Å²) in [4.78, 5) is 1.28. The number of thiophene rings is 1. The van der Waals surface area contributed by atoms with Crippen molar-refractivity contribution in [1.29, 1.82) is 0 Å². The molecule has 1 aromatic heterocycles. The lowest BCUT2D eigenvalue weighted by Gasteiger charge is -2.27. The molecule has 0 bridgehead atoms. The second kappa shape index (κ2) is 4.66. The molecule has 0 amide bonds. The largest absolute Gasteiger partial charge is 0.374 e. The van der Waals surface area contributed by atoms with Gasteiger partial charge in [-0.15, -0.1) is 11.3 Å². The average molecular weight is 229 g/mol. The Morgan fingerprint density at radius 3 is 3.07 bits per heavy atom. The molecule has 0 aromatic carbocycles. The summed E-state index contributed by atoms with van der Waals surface area (Å²) in [6, 6.07) is 2.18. The second-order valence-electron chi connectivity index (χ2n) is 3.48. The maximum Gasteiger partial charge on any atom is 0.0866 e. The quantitative estimate of drug-likeness (QED) is 0.844. The Bertz CT molecular complexity index is 294. The van der Waals surface area contributed by atoms with Gasteiger partial charge in [0.05, 0.1) is 18.8 Å². The van der Waals surface area contributed by atoms with Gasteiger partial charge in [-0.25, -0.2) is 0 Å². The molecule has 2 unspecified atom stereocenters. The third-order valence-corrected chi connectivity index (χ3v) is 4.59. The van der Waals surface area contributed by atoms with Crippen molar-refractivity contribution in [3.05, 3.63) is 21.9 Å². The molecule has 2 heterocycles. The molecule has 1 aromatic rings. The van der Waals surface area contributed by atoms with E-state index in [1.807, 2.05) is 11.8 Å². The van der Waals surface area contributed by atoms with Crippen molar-refractivity contribution in [3.63, 3.8) is 0 Å². The zero-order chi connectivity index (χ0) is 9.97. The molecular weight excluding hydrogens is 214 g/mol. The second-order valence-corrected chi connectivity index (χ2v) is 5.58. The molecule has 0 radical (unpaired) electrons. The topological polar surface area (TPSA) is 35.2 Å². The summed E-state index contributed by atoms with van der Waals surface area (Å²) in [7, 11) is 0. The minimum atomic E-state index is 0.0581. The van der Waals surface area contributed by atoms with Crippen LogP contribution < -0.4 is 5.73 Å². The highest BCUT2D eigenvalue weighted by atomic mass is 32.2. The molecule has 0 spiro atoms. The number of thioether (sulfide) groups is 1. The van der Waals surface area contributed by atoms with Crippen molar-refractivity contribution in [2.24, 2.45) is 5.73 Å². The maximum absolute atomic E-state index is 6.19. The Morgan fingerprint density at radius 1 is 1.64 bits per heavy atom. The summed E-state index contributed by atoms with van der Waals surface area (Å²) in [6.07, 6.45) is 0.200. The predicted molar refractivity (Wildman–Crippen MR) is 63.0 cm³/mol. The van der Waals surface area contributed by atoms with Crippen LogP contribution in [0.25, 0.3) is 0 Å². The van der Waals surface area contributed by atoms with E-state index in [9.17, 15) is 0 Å². The molecule has 0 aliphatic carbocycles. The van der Waals surface area contributed by atoms with Crippen molar-refractivity contribution in [1.82, 2.24) is 0 Å². The van der Waals surface area contributed by atoms with Crippen molar-refractivity contribution >= 4 is 23.1 Å². The highest BCUT2D eigenvalue weighted by molar-refractivity contribution is 7.99. The van der Waals surface area contributed by atoms with Crippen LogP contribution in [0, 0.1) is 6.92 Å². The van der Waals surface area contributed by atoms with Gasteiger partial charge in [0, 0.05) is 16.4 Å². The van der Waals surface area contributed by atoms with E-state index in [0.29, 0.717) is 0 Å². The molecule has 1 fully saturated rings. The van der Waals surface area contributed by atoms with Crippen LogP contribution in [-0.2, 0) is 4.74 Å². The number of rotatable bonds is 2. The normalized spacial score (nSPS) is 24.9. The van der Waals surface area contributed by atoms with Crippen LogP contribution in [0.3, 0.4) is 0 Å². The van der Waals surface area contributed by atoms with Gasteiger partial charge in [-0.05, 0) is 23.9 Å². The van der Waals surface area contributed by atoms with Gasteiger partial charge in [0.1, 0.15) is 0 Å². The first-order valence-electron chi connectivity index (χ1n) is 4.78. The summed E-state index contributed by atoms with van der Waals surface area (Å²) < 4.78 is 5.68. The average Bonchev–Trinajstić information content (AvgIpc) is 2.65. The van der Waals surface area contributed by atoms with Crippen molar-refractivity contribution in [3.8, 4) is 0 Å². The molecule has 1 saturated heterocycles. The van der Waals surface area contributed by atoms with Crippen molar-refractivity contribution in [2.75, 3.05) is 18.1 Å². The first-order valence-corrected chi connectivity index (χ1v) is 6.81. The van der Waals surface area contributed by atoms with Crippen LogP contribution in [0.5, 0.6) is 0 Å². The standard InChI is InChI=1S/C10H15NOS2/c1-7-2-4-14-10(7)9(11)8-6-13-5-3-12-8/h2,4,8-9H,3,5-6,11H2,1H3. The Labute approximate surface area is 92.8 Å². The van der Waals surface area contributed by atoms with Gasteiger partial charge < -0.3 is 10.5 Å². The number of hydrogen-bond acceptors (Lipinski definition) is 4. The molecule has 1 aliphatic heterocycles. The van der Waals surface area contributed by atoms with Crippen LogP contribution in [0.15, 0.2) is 11.4 Å². The van der Waals surface area contributed by atoms with Gasteiger partial charge in [-0.3, -0.25) is 0 Å². The zero-order valence-corrected chi connectivity index (χ0v) is 9.87. The van der Waals surface area contributed by atoms with Crippen LogP contribution in [-0.4, -0.2) is 24.2 Å². The molecule has 1 aliphatic rings. The molecule has 2 rings (SSSR count). The molecule has 78 valence electrons. The van der Waals surface area contributed by atoms with E-state index in [4.69, 9.17) is 10.5 Å². The fourth-order valence-electron chi connectivity index (χ4n) is 1.61. The minimum Gasteiger partial charge on any atom is -0.374 e. The van der Waals surface area contributed by atoms with Gasteiger partial charge in [0.25, 0.3) is 0 Å². The van der Waals surface area contributed by atoms with E-state index in [1.165, 1.54) is 10.4 Å². The van der Waals surface area contributed by atoms with Crippen LogP contribution in [0.2, 0.25) is 0 Å². The molecular formula is C10H15NOS2. The van der Waals surface area contributed by atoms with Crippen molar-refractivity contribution < 1.29 is 4.74 Å². The fraction of sp³-hybridized carbons (Fsp3) is 0.600. The van der Waals surface area contributed by atoms with E-state index in [1.54, 1.807) is 11.3 Å². The Hall–Kier alpha value is -0.0300. The maximum atomic E-state index is 6.19. The predicted octanol–water partition coefficient (Wildman–Crippen LogP) is 2.19. The molecule has 2 N–H and O–H groups in total. The smallest absolute Gasteiger partial charge is 0.0866 e. The third kappa shape index (κ3) is 2.14. The zero-order valence-electron chi connectivity index (χ0n) is 8.23. The molecule has 2 atom stereocenters. The SMILES string of the molecule is Cc1ccsc1C(N)C1CSCCO1. The third-order valence-electron chi connectivity index (χ3n) is 2.45. The summed E-state index contributed by atoms with van der Waals surface area (Å²) in [5.74, 6) is 2.13. The van der Waals surface area contributed by atoms with E-state index >= 15 is 0 Å². The van der Waals surface area contributed by atoms with Crippen LogP contribution in [0.4, 0.5) is 0 Å². The number of aryl methyl sites for hydroxylation is 1. The Kier molecular flexibility index (Phi) is 3.49. The van der Waals surface area contributed by atoms with Gasteiger partial charge in [-0.2, -0.15) is 11.8 Å². The van der Waals surface area contributed by atoms with E-state index in [2.05, 4.69) is 18.4 Å². The molecule has 0 saturated carbocycles. The first-order chi connectivity index (χ1) is 6.79. The lowest BCUT2D eigenvalue weighted by Crippen LogP contribution is -2.34. The lowest BCUT2D eigenvalue weighted by molar-refractivity contribution is 0.0576. The molecule has 2 nitrogen and oxygen atoms in total. The number of nitrogens with two attached hydrogens (primary N) is 1. The lowest BCUT2D eigenvalue weighted by atomic mass is 10.1. The van der Waals surface area contributed by atoms with Gasteiger partial charge >= 0.3 is 0 Å². The van der Waals surface area contributed by atoms with Crippen molar-refractivity contribution in [2.45, 2.75) is 19.1 Å². The highest BCUT2D eigenvalue weighted by Gasteiger charge is 2.24. The summed E-state index contributed by atoms with van der Waals surface area (Å²) in [5, 5.41) is 2.10. The number of ether oxygens (including phenoxy) is 1. The van der Waals surface area contributed by atoms with Gasteiger partial charge in [0.15, 0.2) is 0 Å². The van der Waals surface area contributed by atoms with Crippen LogP contribution >= 0.6 is 23.1 Å². The Balaban J connectivity index is 2.07. The number of hydrogen-bond donors (Lipinski definition) is 1. The van der Waals surface area contributed by atoms with Crippen LogP contribution in [0.1, 0.15) is 16.5 Å².